The van der Waals surface area contributed by atoms with E-state index in [4.69, 9.17) is 14.2 Å². The Balaban J connectivity index is 4.59. The van der Waals surface area contributed by atoms with E-state index in [2.05, 4.69) is 92.8 Å². The fraction of sp³-hybridized carbons (Fsp3) is 0.490. The second-order valence-corrected chi connectivity index (χ2v) is 14.2. The maximum Gasteiger partial charge on any atom is 0.306 e. The average molecular weight is 788 g/mol. The molecule has 316 valence electrons. The Morgan fingerprint density at radius 1 is 0.544 bits per heavy atom. The van der Waals surface area contributed by atoms with E-state index in [9.17, 15) is 19.5 Å². The summed E-state index contributed by atoms with van der Waals surface area (Å²) in [4.78, 5) is 36.7. The molecule has 0 aliphatic rings. The normalized spacial score (nSPS) is 14.3. The largest absolute Gasteiger partial charge is 0.544 e. The van der Waals surface area contributed by atoms with Crippen LogP contribution in [0.4, 0.5) is 0 Å². The van der Waals surface area contributed by atoms with E-state index in [0.717, 1.165) is 51.4 Å². The summed E-state index contributed by atoms with van der Waals surface area (Å²) in [5.74, 6) is -1.94. The van der Waals surface area contributed by atoms with Gasteiger partial charge in [-0.1, -0.05) is 148 Å². The van der Waals surface area contributed by atoms with Gasteiger partial charge in [0.15, 0.2) is 6.10 Å². The van der Waals surface area contributed by atoms with Crippen molar-refractivity contribution in [2.75, 3.05) is 41.0 Å². The van der Waals surface area contributed by atoms with Gasteiger partial charge in [-0.2, -0.15) is 0 Å². The van der Waals surface area contributed by atoms with E-state index in [1.54, 1.807) is 21.1 Å². The summed E-state index contributed by atoms with van der Waals surface area (Å²) in [5, 5.41) is 11.6. The van der Waals surface area contributed by atoms with Crippen molar-refractivity contribution in [1.82, 2.24) is 0 Å². The molecule has 0 saturated heterocycles. The smallest absolute Gasteiger partial charge is 0.306 e. The first-order valence-electron chi connectivity index (χ1n) is 20.8. The van der Waals surface area contributed by atoms with Gasteiger partial charge in [0.1, 0.15) is 12.6 Å². The predicted molar refractivity (Wildman–Crippen MR) is 235 cm³/mol. The van der Waals surface area contributed by atoms with Crippen molar-refractivity contribution in [2.45, 2.75) is 116 Å². The number of hydrogen-bond acceptors (Lipinski definition) is 7. The van der Waals surface area contributed by atoms with Crippen molar-refractivity contribution >= 4 is 17.9 Å². The minimum Gasteiger partial charge on any atom is -0.544 e. The molecule has 0 N–H and O–H groups in total. The Hall–Kier alpha value is -4.53. The maximum atomic E-state index is 12.6. The summed E-state index contributed by atoms with van der Waals surface area (Å²) >= 11 is 0. The number of carboxylic acid groups (broad SMARTS) is 1. The Labute approximate surface area is 345 Å². The predicted octanol–water partition coefficient (Wildman–Crippen LogP) is 9.90. The average Bonchev–Trinajstić information content (AvgIpc) is 3.17. The number of esters is 2. The quantitative estimate of drug-likeness (QED) is 0.0210. The molecule has 0 aromatic rings. The van der Waals surface area contributed by atoms with Gasteiger partial charge in [-0.05, 0) is 70.6 Å². The monoisotopic (exact) mass is 788 g/mol. The molecular formula is C49H73NO7. The summed E-state index contributed by atoms with van der Waals surface area (Å²) in [6, 6.07) is -0.756. The van der Waals surface area contributed by atoms with Crippen LogP contribution in [0.1, 0.15) is 104 Å². The van der Waals surface area contributed by atoms with Crippen LogP contribution in [-0.4, -0.2) is 75.5 Å². The third kappa shape index (κ3) is 36.8. The highest BCUT2D eigenvalue weighted by molar-refractivity contribution is 5.70. The third-order valence-electron chi connectivity index (χ3n) is 8.16. The molecule has 0 radical (unpaired) electrons. The number of aliphatic carboxylic acids is 1. The van der Waals surface area contributed by atoms with Crippen LogP contribution in [0.3, 0.4) is 0 Å². The fourth-order valence-electron chi connectivity index (χ4n) is 4.99. The fourth-order valence-corrected chi connectivity index (χ4v) is 4.99. The topological polar surface area (TPSA) is 102 Å². The molecule has 0 fully saturated rings. The van der Waals surface area contributed by atoms with Gasteiger partial charge in [-0.3, -0.25) is 9.59 Å². The van der Waals surface area contributed by atoms with Crippen LogP contribution >= 0.6 is 0 Å². The number of unbranched alkanes of at least 4 members (excludes halogenated alkanes) is 2. The van der Waals surface area contributed by atoms with Crippen LogP contribution in [0.5, 0.6) is 0 Å². The van der Waals surface area contributed by atoms with Crippen molar-refractivity contribution in [3.8, 4) is 0 Å². The van der Waals surface area contributed by atoms with Gasteiger partial charge in [0.05, 0.1) is 40.3 Å². The van der Waals surface area contributed by atoms with E-state index in [1.807, 2.05) is 54.7 Å². The summed E-state index contributed by atoms with van der Waals surface area (Å²) in [5.41, 5.74) is 0. The Bertz CT molecular complexity index is 1380. The minimum absolute atomic E-state index is 0.0171. The Kier molecular flexibility index (Phi) is 35.3. The molecule has 57 heavy (non-hydrogen) atoms. The summed E-state index contributed by atoms with van der Waals surface area (Å²) in [6.07, 6.45) is 55.0. The standard InChI is InChI=1S/C49H73NO7/c1-6-8-10-12-14-16-18-20-21-22-23-24-25-26-28-29-31-33-35-37-39-47(51)56-44-45(43-55-42-41-46(49(53)54)50(3,4)5)57-48(52)40-38-36-34-32-30-27-19-17-15-13-11-9-7-2/h8-11,13-17,19-21,23-24,26-28,30-34,45-46H,6-7,12,18,22,25,29,35-44H2,1-5H3/b10-8+,11-9+,15-13+,16-14+,19-17+,21-20+,24-23+,28-26+,30-27+,33-31+,34-32+. The van der Waals surface area contributed by atoms with Crippen molar-refractivity contribution < 1.29 is 38.2 Å². The molecule has 0 aromatic carbocycles. The van der Waals surface area contributed by atoms with Crippen LogP contribution in [0, 0.1) is 0 Å². The number of ether oxygens (including phenoxy) is 3. The van der Waals surface area contributed by atoms with Crippen molar-refractivity contribution in [3.05, 3.63) is 134 Å². The van der Waals surface area contributed by atoms with Gasteiger partial charge in [0.2, 0.25) is 0 Å². The van der Waals surface area contributed by atoms with E-state index < -0.39 is 24.1 Å². The molecule has 0 aromatic heterocycles. The van der Waals surface area contributed by atoms with Gasteiger partial charge in [-0.25, -0.2) is 0 Å². The van der Waals surface area contributed by atoms with Gasteiger partial charge in [0, 0.05) is 19.3 Å². The second-order valence-electron chi connectivity index (χ2n) is 14.2. The van der Waals surface area contributed by atoms with Crippen molar-refractivity contribution in [3.63, 3.8) is 0 Å². The lowest BCUT2D eigenvalue weighted by Gasteiger charge is -2.34. The summed E-state index contributed by atoms with van der Waals surface area (Å²) in [7, 11) is 5.34. The third-order valence-corrected chi connectivity index (χ3v) is 8.16. The zero-order chi connectivity index (χ0) is 42.1. The molecule has 8 nitrogen and oxygen atoms in total. The number of nitrogens with zero attached hydrogens (tertiary/aromatic N) is 1. The van der Waals surface area contributed by atoms with Gasteiger partial charge >= 0.3 is 11.9 Å². The molecule has 0 saturated carbocycles. The highest BCUT2D eigenvalue weighted by atomic mass is 16.6. The van der Waals surface area contributed by atoms with Crippen molar-refractivity contribution in [1.29, 1.82) is 0 Å². The molecular weight excluding hydrogens is 715 g/mol. The van der Waals surface area contributed by atoms with Crippen LogP contribution in [0.15, 0.2) is 134 Å². The molecule has 0 heterocycles. The number of likely N-dealkylation sites (N-methyl/N-ethyl adjacent to an activating group) is 1. The molecule has 0 aliphatic carbocycles. The number of allylic oxidation sites excluding steroid dienone is 22. The Morgan fingerprint density at radius 2 is 0.982 bits per heavy atom. The highest BCUT2D eigenvalue weighted by Gasteiger charge is 2.25. The molecule has 2 unspecified atom stereocenters. The molecule has 0 spiro atoms. The van der Waals surface area contributed by atoms with Gasteiger partial charge in [-0.15, -0.1) is 0 Å². The minimum atomic E-state index is -1.15. The first-order valence-corrected chi connectivity index (χ1v) is 20.8. The number of carboxylic acids is 1. The van der Waals surface area contributed by atoms with E-state index >= 15 is 0 Å². The maximum absolute atomic E-state index is 12.6. The van der Waals surface area contributed by atoms with Crippen LogP contribution in [0.25, 0.3) is 0 Å². The number of carbonyl (C=O) groups is 3. The van der Waals surface area contributed by atoms with E-state index in [-0.39, 0.29) is 49.5 Å². The van der Waals surface area contributed by atoms with Gasteiger partial charge in [0.25, 0.3) is 0 Å². The first kappa shape index (κ1) is 52.5. The highest BCUT2D eigenvalue weighted by Crippen LogP contribution is 2.10. The molecule has 0 amide bonds. The zero-order valence-electron chi connectivity index (χ0n) is 35.7. The SMILES string of the molecule is CC/C=C/C=C/C=C/C=C/C=C/CCCC(=O)OC(COCCC(C(=O)[O-])[N+](C)(C)C)COC(=O)CCC/C=C/C/C=C/C/C=C/C/C=C/C/C=C/C/C=C/CC. The van der Waals surface area contributed by atoms with Crippen molar-refractivity contribution in [2.24, 2.45) is 0 Å². The number of rotatable bonds is 34. The molecule has 2 atom stereocenters. The van der Waals surface area contributed by atoms with Crippen LogP contribution in [0.2, 0.25) is 0 Å². The lowest BCUT2D eigenvalue weighted by Crippen LogP contribution is -2.55. The molecule has 8 heteroatoms. The summed E-state index contributed by atoms with van der Waals surface area (Å²) in [6.45, 7) is 4.21. The number of hydrogen-bond donors (Lipinski definition) is 0. The zero-order valence-corrected chi connectivity index (χ0v) is 35.7. The number of quaternary nitrogens is 1. The molecule has 0 rings (SSSR count). The lowest BCUT2D eigenvalue weighted by molar-refractivity contribution is -0.889. The van der Waals surface area contributed by atoms with Gasteiger partial charge < -0.3 is 28.6 Å². The van der Waals surface area contributed by atoms with Crippen LogP contribution in [-0.2, 0) is 28.6 Å². The molecule has 0 bridgehead atoms. The Morgan fingerprint density at radius 3 is 1.47 bits per heavy atom. The van der Waals surface area contributed by atoms with E-state index in [0.29, 0.717) is 19.3 Å². The molecule has 0 aliphatic heterocycles. The van der Waals surface area contributed by atoms with Crippen LogP contribution < -0.4 is 5.11 Å². The lowest BCUT2D eigenvalue weighted by atomic mass is 10.1. The number of carbonyl (C=O) groups excluding carboxylic acids is 3. The first-order chi connectivity index (χ1) is 27.6. The van der Waals surface area contributed by atoms with E-state index in [1.165, 1.54) is 0 Å². The summed E-state index contributed by atoms with van der Waals surface area (Å²) < 4.78 is 17.0. The second kappa shape index (κ2) is 38.3.